The van der Waals surface area contributed by atoms with Crippen molar-refractivity contribution < 1.29 is 4.74 Å². The van der Waals surface area contributed by atoms with E-state index in [9.17, 15) is 0 Å². The second-order valence-corrected chi connectivity index (χ2v) is 5.85. The zero-order chi connectivity index (χ0) is 17.6. The Morgan fingerprint density at radius 2 is 2.44 bits per heavy atom. The lowest BCUT2D eigenvalue weighted by Crippen LogP contribution is -2.38. The van der Waals surface area contributed by atoms with Crippen molar-refractivity contribution in [2.45, 2.75) is 25.7 Å². The maximum Gasteiger partial charge on any atom is 0.269 e. The number of aromatic nitrogens is 2. The second-order valence-electron chi connectivity index (χ2n) is 5.85. The smallest absolute Gasteiger partial charge is 0.269 e. The van der Waals surface area contributed by atoms with Crippen LogP contribution in [0.1, 0.15) is 30.5 Å². The number of guanidine groups is 1. The summed E-state index contributed by atoms with van der Waals surface area (Å²) in [6.07, 6.45) is 5.46. The minimum Gasteiger partial charge on any atom is -0.493 e. The number of aliphatic imine (C=N–C) groups is 1. The third kappa shape index (κ3) is 3.58. The average Bonchev–Trinajstić information content (AvgIpc) is 3.15. The Labute approximate surface area is 147 Å². The molecule has 1 aromatic carbocycles. The first-order valence-electron chi connectivity index (χ1n) is 8.37. The van der Waals surface area contributed by atoms with Crippen molar-refractivity contribution in [3.05, 3.63) is 53.5 Å². The van der Waals surface area contributed by atoms with Crippen molar-refractivity contribution in [1.29, 1.82) is 0 Å². The number of H-pyrrole nitrogens is 1. The largest absolute Gasteiger partial charge is 0.493 e. The van der Waals surface area contributed by atoms with Gasteiger partial charge in [-0.15, -0.1) is 0 Å². The van der Waals surface area contributed by atoms with E-state index in [1.54, 1.807) is 13.4 Å². The van der Waals surface area contributed by atoms with Gasteiger partial charge in [0.1, 0.15) is 5.75 Å². The molecule has 130 valence electrons. The lowest BCUT2D eigenvalue weighted by Gasteiger charge is -2.28. The molecule has 1 atom stereocenters. The van der Waals surface area contributed by atoms with Crippen molar-refractivity contribution in [2.24, 2.45) is 4.99 Å². The van der Waals surface area contributed by atoms with Crippen LogP contribution >= 0.6 is 0 Å². The van der Waals surface area contributed by atoms with Crippen LogP contribution in [-0.4, -0.2) is 36.1 Å². The van der Waals surface area contributed by atoms with E-state index in [1.807, 2.05) is 30.2 Å². The van der Waals surface area contributed by atoms with E-state index in [1.165, 1.54) is 5.56 Å². The molecule has 0 amide bonds. The van der Waals surface area contributed by atoms with Crippen LogP contribution in [0, 0.1) is 6.57 Å². The van der Waals surface area contributed by atoms with Gasteiger partial charge in [0.15, 0.2) is 0 Å². The number of anilines is 1. The molecule has 1 unspecified atom stereocenters. The molecule has 0 radical (unpaired) electrons. The van der Waals surface area contributed by atoms with E-state index in [2.05, 4.69) is 31.4 Å². The lowest BCUT2D eigenvalue weighted by molar-refractivity contribution is 0.266. The number of rotatable bonds is 4. The molecule has 2 N–H and O–H groups in total. The zero-order valence-electron chi connectivity index (χ0n) is 14.5. The average molecular weight is 338 g/mol. The highest BCUT2D eigenvalue weighted by Gasteiger charge is 2.24. The van der Waals surface area contributed by atoms with Crippen LogP contribution in [-0.2, 0) is 6.42 Å². The Bertz CT molecular complexity index is 777. The van der Waals surface area contributed by atoms with E-state index < -0.39 is 0 Å². The molecule has 0 fully saturated rings. The van der Waals surface area contributed by atoms with Gasteiger partial charge in [-0.25, -0.2) is 4.98 Å². The molecule has 2 heterocycles. The Hall–Kier alpha value is -3.01. The van der Waals surface area contributed by atoms with E-state index in [-0.39, 0.29) is 0 Å². The van der Waals surface area contributed by atoms with Crippen LogP contribution < -0.4 is 15.1 Å². The molecule has 2 aromatic rings. The molecule has 0 aliphatic carbocycles. The van der Waals surface area contributed by atoms with Gasteiger partial charge >= 0.3 is 0 Å². The number of nitrogens with one attached hydrogen (secondary N) is 2. The SMILES string of the molecule is [C-]#[N+]NC(=NC)N(CC)c1ccc2c(c1)C(Cc1cnc[nH]1)CCO2. The Morgan fingerprint density at radius 3 is 3.12 bits per heavy atom. The second kappa shape index (κ2) is 7.71. The molecular formula is C18H22N6O. The molecule has 0 saturated heterocycles. The van der Waals surface area contributed by atoms with Gasteiger partial charge in [0, 0.05) is 31.2 Å². The number of hydrogen-bond donors (Lipinski definition) is 2. The van der Waals surface area contributed by atoms with Crippen LogP contribution in [0.2, 0.25) is 0 Å². The predicted octanol–water partition coefficient (Wildman–Crippen LogP) is 2.75. The summed E-state index contributed by atoms with van der Waals surface area (Å²) in [5, 5.41) is 0. The molecule has 3 rings (SSSR count). The summed E-state index contributed by atoms with van der Waals surface area (Å²) in [6, 6.07) is 6.17. The van der Waals surface area contributed by atoms with Crippen molar-refractivity contribution in [1.82, 2.24) is 15.4 Å². The van der Waals surface area contributed by atoms with Gasteiger partial charge in [-0.2, -0.15) is 11.5 Å². The summed E-state index contributed by atoms with van der Waals surface area (Å²) < 4.78 is 5.84. The highest BCUT2D eigenvalue weighted by atomic mass is 16.5. The Balaban J connectivity index is 1.92. The van der Waals surface area contributed by atoms with Gasteiger partial charge in [0.25, 0.3) is 5.96 Å². The first-order chi connectivity index (χ1) is 12.3. The first-order valence-corrected chi connectivity index (χ1v) is 8.37. The van der Waals surface area contributed by atoms with Crippen molar-refractivity contribution in [3.8, 4) is 5.75 Å². The van der Waals surface area contributed by atoms with Crippen LogP contribution in [0.5, 0.6) is 5.75 Å². The number of benzene rings is 1. The summed E-state index contributed by atoms with van der Waals surface area (Å²) in [5.41, 5.74) is 5.95. The maximum atomic E-state index is 7.04. The predicted molar refractivity (Wildman–Crippen MR) is 97.7 cm³/mol. The van der Waals surface area contributed by atoms with Crippen molar-refractivity contribution >= 4 is 11.6 Å². The molecule has 25 heavy (non-hydrogen) atoms. The van der Waals surface area contributed by atoms with Gasteiger partial charge in [0.05, 0.1) is 12.9 Å². The van der Waals surface area contributed by atoms with E-state index in [4.69, 9.17) is 11.3 Å². The Morgan fingerprint density at radius 1 is 1.56 bits per heavy atom. The molecule has 0 bridgehead atoms. The highest BCUT2D eigenvalue weighted by molar-refractivity contribution is 5.96. The number of ether oxygens (including phenoxy) is 1. The topological polar surface area (TPSA) is 69.9 Å². The summed E-state index contributed by atoms with van der Waals surface area (Å²) in [4.78, 5) is 16.7. The molecular weight excluding hydrogens is 316 g/mol. The minimum atomic E-state index is 0.374. The fourth-order valence-electron chi connectivity index (χ4n) is 3.23. The van der Waals surface area contributed by atoms with Crippen molar-refractivity contribution in [3.63, 3.8) is 0 Å². The first kappa shape index (κ1) is 16.8. The number of imidazole rings is 1. The number of nitrogens with zero attached hydrogens (tertiary/aromatic N) is 4. The maximum absolute atomic E-state index is 7.04. The highest BCUT2D eigenvalue weighted by Crippen LogP contribution is 2.38. The number of aromatic amines is 1. The van der Waals surface area contributed by atoms with Crippen LogP contribution in [0.15, 0.2) is 35.7 Å². The molecule has 7 nitrogen and oxygen atoms in total. The number of hydrogen-bond acceptors (Lipinski definition) is 3. The fraction of sp³-hybridized carbons (Fsp3) is 0.389. The molecule has 1 aliphatic heterocycles. The van der Waals surface area contributed by atoms with Gasteiger partial charge < -0.3 is 14.6 Å². The summed E-state index contributed by atoms with van der Waals surface area (Å²) >= 11 is 0. The van der Waals surface area contributed by atoms with E-state index in [0.29, 0.717) is 18.4 Å². The van der Waals surface area contributed by atoms with E-state index in [0.717, 1.165) is 36.6 Å². The minimum absolute atomic E-state index is 0.374. The number of fused-ring (bicyclic) bond motifs is 1. The Kier molecular flexibility index (Phi) is 5.19. The van der Waals surface area contributed by atoms with E-state index >= 15 is 0 Å². The van der Waals surface area contributed by atoms with Gasteiger partial charge in [-0.05, 0) is 49.4 Å². The van der Waals surface area contributed by atoms with Crippen LogP contribution in [0.4, 0.5) is 5.69 Å². The van der Waals surface area contributed by atoms with Gasteiger partial charge in [0.2, 0.25) is 0 Å². The molecule has 7 heteroatoms. The van der Waals surface area contributed by atoms with Crippen LogP contribution in [0.3, 0.4) is 0 Å². The molecule has 0 saturated carbocycles. The molecule has 0 spiro atoms. The summed E-state index contributed by atoms with van der Waals surface area (Å²) in [7, 11) is 1.68. The van der Waals surface area contributed by atoms with Gasteiger partial charge in [-0.3, -0.25) is 4.99 Å². The quantitative estimate of drug-likeness (QED) is 0.389. The summed E-state index contributed by atoms with van der Waals surface area (Å²) in [5.74, 6) is 1.85. The fourth-order valence-corrected chi connectivity index (χ4v) is 3.23. The third-order valence-electron chi connectivity index (χ3n) is 4.43. The lowest BCUT2D eigenvalue weighted by atomic mass is 9.89. The molecule has 1 aromatic heterocycles. The summed E-state index contributed by atoms with van der Waals surface area (Å²) in [6.45, 7) is 10.5. The third-order valence-corrected chi connectivity index (χ3v) is 4.43. The van der Waals surface area contributed by atoms with Gasteiger partial charge in [-0.1, -0.05) is 5.43 Å². The standard InChI is InChI=1S/C18H22N6O/c1-4-24(18(19-2)23-20-3)15-5-6-17-16(10-15)13(7-8-25-17)9-14-11-21-12-22-14/h5-6,10-13H,4,7-9H2,1-2H3,(H,19,23)(H,21,22). The monoisotopic (exact) mass is 338 g/mol. The molecule has 1 aliphatic rings. The van der Waals surface area contributed by atoms with Crippen LogP contribution in [0.25, 0.3) is 4.95 Å². The normalized spacial score (nSPS) is 16.5. The zero-order valence-corrected chi connectivity index (χ0v) is 14.5. The van der Waals surface area contributed by atoms with Crippen molar-refractivity contribution in [2.75, 3.05) is 25.1 Å².